The molecule has 2 rings (SSSR count). The topological polar surface area (TPSA) is 72.9 Å². The summed E-state index contributed by atoms with van der Waals surface area (Å²) in [5.41, 5.74) is 8.89. The average Bonchev–Trinajstić information content (AvgIpc) is 2.67. The number of nitrogens with two attached hydrogens (primary N) is 1. The predicted octanol–water partition coefficient (Wildman–Crippen LogP) is 2.35. The summed E-state index contributed by atoms with van der Waals surface area (Å²) in [5.74, 6) is 0.307. The number of aryl methyl sites for hydroxylation is 1. The van der Waals surface area contributed by atoms with Crippen LogP contribution in [-0.4, -0.2) is 15.5 Å². The SMILES string of the molecule is CCn1c(C)cc(C(=O)Nc2ccc(N)nc2)c1C. The van der Waals surface area contributed by atoms with E-state index in [9.17, 15) is 4.79 Å². The third kappa shape index (κ3) is 2.59. The van der Waals surface area contributed by atoms with Gasteiger partial charge in [0.05, 0.1) is 17.4 Å². The van der Waals surface area contributed by atoms with Gasteiger partial charge in [-0.15, -0.1) is 0 Å². The van der Waals surface area contributed by atoms with Crippen molar-refractivity contribution < 1.29 is 4.79 Å². The lowest BCUT2D eigenvalue weighted by Gasteiger charge is -2.07. The van der Waals surface area contributed by atoms with Crippen LogP contribution in [0.25, 0.3) is 0 Å². The number of anilines is 2. The second-order valence-electron chi connectivity index (χ2n) is 4.45. The number of aromatic nitrogens is 2. The van der Waals surface area contributed by atoms with Crippen LogP contribution in [0.4, 0.5) is 11.5 Å². The fraction of sp³-hybridized carbons (Fsp3) is 0.286. The van der Waals surface area contributed by atoms with E-state index in [1.165, 1.54) is 0 Å². The largest absolute Gasteiger partial charge is 0.384 e. The van der Waals surface area contributed by atoms with Gasteiger partial charge in [0.25, 0.3) is 5.91 Å². The molecule has 0 aliphatic heterocycles. The highest BCUT2D eigenvalue weighted by Crippen LogP contribution is 2.17. The Balaban J connectivity index is 2.23. The van der Waals surface area contributed by atoms with Crippen molar-refractivity contribution in [3.05, 3.63) is 41.3 Å². The minimum absolute atomic E-state index is 0.126. The van der Waals surface area contributed by atoms with Crippen LogP contribution in [0.1, 0.15) is 28.7 Å². The smallest absolute Gasteiger partial charge is 0.257 e. The van der Waals surface area contributed by atoms with Gasteiger partial charge in [-0.1, -0.05) is 0 Å². The lowest BCUT2D eigenvalue weighted by atomic mass is 10.2. The standard InChI is InChI=1S/C14H18N4O/c1-4-18-9(2)7-12(10(18)3)14(19)17-11-5-6-13(15)16-8-11/h5-8H,4H2,1-3H3,(H2,15,16)(H,17,19). The molecule has 2 aromatic heterocycles. The summed E-state index contributed by atoms with van der Waals surface area (Å²) in [6.45, 7) is 6.87. The highest BCUT2D eigenvalue weighted by molar-refractivity contribution is 6.05. The van der Waals surface area contributed by atoms with Gasteiger partial charge in [0.15, 0.2) is 0 Å². The number of hydrogen-bond acceptors (Lipinski definition) is 3. The lowest BCUT2D eigenvalue weighted by molar-refractivity contribution is 0.102. The monoisotopic (exact) mass is 258 g/mol. The summed E-state index contributed by atoms with van der Waals surface area (Å²) >= 11 is 0. The van der Waals surface area contributed by atoms with Crippen LogP contribution < -0.4 is 11.1 Å². The van der Waals surface area contributed by atoms with Crippen LogP contribution in [0, 0.1) is 13.8 Å². The van der Waals surface area contributed by atoms with Crippen molar-refractivity contribution in [3.8, 4) is 0 Å². The van der Waals surface area contributed by atoms with Gasteiger partial charge < -0.3 is 15.6 Å². The molecule has 0 saturated carbocycles. The van der Waals surface area contributed by atoms with Crippen molar-refractivity contribution in [2.75, 3.05) is 11.1 Å². The van der Waals surface area contributed by atoms with E-state index >= 15 is 0 Å². The second-order valence-corrected chi connectivity index (χ2v) is 4.45. The highest BCUT2D eigenvalue weighted by Gasteiger charge is 2.15. The summed E-state index contributed by atoms with van der Waals surface area (Å²) in [6.07, 6.45) is 1.55. The number of carbonyl (C=O) groups excluding carboxylic acids is 1. The Bertz CT molecular complexity index is 599. The van der Waals surface area contributed by atoms with Gasteiger partial charge in [-0.25, -0.2) is 4.98 Å². The van der Waals surface area contributed by atoms with Gasteiger partial charge in [0.1, 0.15) is 5.82 Å². The maximum absolute atomic E-state index is 12.2. The van der Waals surface area contributed by atoms with E-state index in [4.69, 9.17) is 5.73 Å². The summed E-state index contributed by atoms with van der Waals surface area (Å²) < 4.78 is 2.11. The first-order valence-electron chi connectivity index (χ1n) is 6.22. The quantitative estimate of drug-likeness (QED) is 0.887. The number of hydrogen-bond donors (Lipinski definition) is 2. The molecular formula is C14H18N4O. The van der Waals surface area contributed by atoms with Crippen molar-refractivity contribution in [2.45, 2.75) is 27.3 Å². The Morgan fingerprint density at radius 3 is 2.68 bits per heavy atom. The minimum atomic E-state index is -0.126. The van der Waals surface area contributed by atoms with Crippen LogP contribution in [0.15, 0.2) is 24.4 Å². The molecule has 5 heteroatoms. The Hall–Kier alpha value is -2.30. The first-order chi connectivity index (χ1) is 9.02. The van der Waals surface area contributed by atoms with E-state index < -0.39 is 0 Å². The normalized spacial score (nSPS) is 10.5. The van der Waals surface area contributed by atoms with Gasteiger partial charge in [0.2, 0.25) is 0 Å². The van der Waals surface area contributed by atoms with E-state index in [0.717, 1.165) is 17.9 Å². The maximum atomic E-state index is 12.2. The van der Waals surface area contributed by atoms with Gasteiger partial charge in [-0.3, -0.25) is 4.79 Å². The van der Waals surface area contributed by atoms with E-state index in [-0.39, 0.29) is 5.91 Å². The van der Waals surface area contributed by atoms with Crippen molar-refractivity contribution in [1.29, 1.82) is 0 Å². The van der Waals surface area contributed by atoms with Crippen LogP contribution >= 0.6 is 0 Å². The van der Waals surface area contributed by atoms with Crippen LogP contribution in [0.3, 0.4) is 0 Å². The average molecular weight is 258 g/mol. The molecule has 0 saturated heterocycles. The molecule has 0 spiro atoms. The summed E-state index contributed by atoms with van der Waals surface area (Å²) in [5, 5.41) is 2.82. The molecule has 0 bridgehead atoms. The van der Waals surface area contributed by atoms with Crippen LogP contribution in [0.2, 0.25) is 0 Å². The molecule has 1 amide bonds. The third-order valence-electron chi connectivity index (χ3n) is 3.18. The zero-order chi connectivity index (χ0) is 14.0. The first-order valence-corrected chi connectivity index (χ1v) is 6.22. The van der Waals surface area contributed by atoms with Gasteiger partial charge in [-0.2, -0.15) is 0 Å². The van der Waals surface area contributed by atoms with Crippen LogP contribution in [0.5, 0.6) is 0 Å². The zero-order valence-electron chi connectivity index (χ0n) is 11.4. The predicted molar refractivity (Wildman–Crippen MR) is 76.2 cm³/mol. The van der Waals surface area contributed by atoms with E-state index in [0.29, 0.717) is 17.1 Å². The van der Waals surface area contributed by atoms with Crippen molar-refractivity contribution in [2.24, 2.45) is 0 Å². The van der Waals surface area contributed by atoms with Gasteiger partial charge in [0, 0.05) is 17.9 Å². The molecule has 100 valence electrons. The minimum Gasteiger partial charge on any atom is -0.384 e. The number of nitrogen functional groups attached to an aromatic ring is 1. The molecular weight excluding hydrogens is 240 g/mol. The summed E-state index contributed by atoms with van der Waals surface area (Å²) in [6, 6.07) is 5.29. The number of amides is 1. The van der Waals surface area contributed by atoms with Gasteiger partial charge >= 0.3 is 0 Å². The molecule has 19 heavy (non-hydrogen) atoms. The number of nitrogens with one attached hydrogen (secondary N) is 1. The van der Waals surface area contributed by atoms with Gasteiger partial charge in [-0.05, 0) is 39.0 Å². The Morgan fingerprint density at radius 2 is 2.16 bits per heavy atom. The highest BCUT2D eigenvalue weighted by atomic mass is 16.1. The fourth-order valence-corrected chi connectivity index (χ4v) is 2.20. The molecule has 3 N–H and O–H groups in total. The first kappa shape index (κ1) is 13.1. The fourth-order valence-electron chi connectivity index (χ4n) is 2.20. The lowest BCUT2D eigenvalue weighted by Crippen LogP contribution is -2.13. The zero-order valence-corrected chi connectivity index (χ0v) is 11.4. The molecule has 0 atom stereocenters. The Kier molecular flexibility index (Phi) is 3.55. The van der Waals surface area contributed by atoms with Crippen molar-refractivity contribution >= 4 is 17.4 Å². The van der Waals surface area contributed by atoms with E-state index in [2.05, 4.69) is 21.8 Å². The van der Waals surface area contributed by atoms with E-state index in [1.807, 2.05) is 19.9 Å². The second kappa shape index (κ2) is 5.14. The molecule has 2 heterocycles. The molecule has 2 aromatic rings. The molecule has 0 aliphatic carbocycles. The molecule has 0 fully saturated rings. The Morgan fingerprint density at radius 1 is 1.42 bits per heavy atom. The Labute approximate surface area is 112 Å². The third-order valence-corrected chi connectivity index (χ3v) is 3.18. The van der Waals surface area contributed by atoms with Crippen LogP contribution in [-0.2, 0) is 6.54 Å². The molecule has 0 aromatic carbocycles. The number of pyridine rings is 1. The maximum Gasteiger partial charge on any atom is 0.257 e. The number of nitrogens with zero attached hydrogens (tertiary/aromatic N) is 2. The molecule has 5 nitrogen and oxygen atoms in total. The van der Waals surface area contributed by atoms with E-state index in [1.54, 1.807) is 18.3 Å². The van der Waals surface area contributed by atoms with Crippen molar-refractivity contribution in [3.63, 3.8) is 0 Å². The van der Waals surface area contributed by atoms with Crippen molar-refractivity contribution in [1.82, 2.24) is 9.55 Å². The number of rotatable bonds is 3. The molecule has 0 aliphatic rings. The molecule has 0 radical (unpaired) electrons. The molecule has 0 unspecified atom stereocenters. The summed E-state index contributed by atoms with van der Waals surface area (Å²) in [4.78, 5) is 16.2. The number of carbonyl (C=O) groups is 1. The summed E-state index contributed by atoms with van der Waals surface area (Å²) in [7, 11) is 0.